The Balaban J connectivity index is 0.000000186. The Morgan fingerprint density at radius 3 is 1.42 bits per heavy atom. The van der Waals surface area contributed by atoms with E-state index in [0.717, 1.165) is 54.9 Å². The fourth-order valence-corrected chi connectivity index (χ4v) is 8.56. The highest BCUT2D eigenvalue weighted by molar-refractivity contribution is 6.00. The summed E-state index contributed by atoms with van der Waals surface area (Å²) in [5.74, 6) is 0.256. The van der Waals surface area contributed by atoms with Crippen molar-refractivity contribution in [2.24, 2.45) is 0 Å². The summed E-state index contributed by atoms with van der Waals surface area (Å²) < 4.78 is 10.6. The first kappa shape index (κ1) is 59.1. The number of nitrogens with zero attached hydrogens (tertiary/aromatic N) is 6. The first-order valence-corrected chi connectivity index (χ1v) is 25.7. The van der Waals surface area contributed by atoms with E-state index in [2.05, 4.69) is 36.6 Å². The molecule has 21 heteroatoms. The highest BCUT2D eigenvalue weighted by atomic mass is 16.6. The Morgan fingerprint density at radius 2 is 1.00 bits per heavy atom. The smallest absolute Gasteiger partial charge is 0.410 e. The molecule has 2 aromatic heterocycles. The van der Waals surface area contributed by atoms with Crippen LogP contribution in [-0.2, 0) is 51.5 Å². The summed E-state index contributed by atoms with van der Waals surface area (Å²) in [5.41, 5.74) is 3.68. The van der Waals surface area contributed by atoms with Crippen LogP contribution >= 0.6 is 0 Å². The standard InChI is InChI=1S/C19H21N3O3.C14H18N2O3.C11H15N3O.C6H12N2O.C5H7NO2/c1-21(19(24)25-14-15-5-3-2-4-6-15)17-9-12-22(18(23)13-17)16-7-10-20-11-8-16;1-16(12-7-8-15-13(17)9-12)14(18)19-10-11-5-3-2-4-6-11;1-12-9-4-7-14(11(15)8-9)10-2-5-13-6-3-10;1-7-5-2-3-8-6(9)4-5;7-4-1-2-6-5(8)3-4/h2-8,10-11,17H,9,12-14H2,1H3;2-6,12H,7-10H2,1H3,(H,15,17);2-3,5-6,9,12H,4,7-8H2,1H3;5,7H,2-4H2,1H3,(H,8,9);1-3H2,(H,6,8). The molecule has 0 bridgehead atoms. The van der Waals surface area contributed by atoms with Gasteiger partial charge in [-0.1, -0.05) is 60.7 Å². The summed E-state index contributed by atoms with van der Waals surface area (Å²) in [6, 6.07) is 27.0. The van der Waals surface area contributed by atoms with Gasteiger partial charge in [-0.05, 0) is 75.2 Å². The average molecular weight is 1050 g/mol. The van der Waals surface area contributed by atoms with Crippen LogP contribution in [0.25, 0.3) is 0 Å². The van der Waals surface area contributed by atoms with Crippen molar-refractivity contribution >= 4 is 58.9 Å². The molecule has 5 saturated heterocycles. The van der Waals surface area contributed by atoms with Crippen LogP contribution in [-0.4, -0.2) is 152 Å². The maximum absolute atomic E-state index is 12.4. The van der Waals surface area contributed by atoms with Crippen molar-refractivity contribution in [3.05, 3.63) is 121 Å². The Labute approximate surface area is 444 Å². The first-order valence-electron chi connectivity index (χ1n) is 25.7. The van der Waals surface area contributed by atoms with Gasteiger partial charge in [-0.2, -0.15) is 0 Å². The van der Waals surface area contributed by atoms with Crippen molar-refractivity contribution in [1.29, 1.82) is 0 Å². The monoisotopic (exact) mass is 1050 g/mol. The number of ether oxygens (including phenoxy) is 2. The fraction of sp³-hybridized carbons (Fsp3) is 0.455. The van der Waals surface area contributed by atoms with Gasteiger partial charge in [0.1, 0.15) is 19.0 Å². The molecule has 21 nitrogen and oxygen atoms in total. The van der Waals surface area contributed by atoms with Crippen molar-refractivity contribution in [3.8, 4) is 0 Å². The van der Waals surface area contributed by atoms with Crippen molar-refractivity contribution in [2.75, 3.05) is 70.7 Å². The number of carbonyl (C=O) groups is 8. The lowest BCUT2D eigenvalue weighted by Gasteiger charge is -2.35. The van der Waals surface area contributed by atoms with E-state index in [4.69, 9.17) is 9.47 Å². The molecular formula is C55H73N11O10. The number of nitrogens with one attached hydrogen (secondary N) is 5. The van der Waals surface area contributed by atoms with E-state index in [1.165, 1.54) is 9.80 Å². The Morgan fingerprint density at radius 1 is 0.553 bits per heavy atom. The van der Waals surface area contributed by atoms with Gasteiger partial charge in [0.2, 0.25) is 29.5 Å². The van der Waals surface area contributed by atoms with E-state index in [1.54, 1.807) is 43.8 Å². The number of piperidine rings is 5. The van der Waals surface area contributed by atoms with E-state index < -0.39 is 6.09 Å². The highest BCUT2D eigenvalue weighted by Crippen LogP contribution is 2.24. The van der Waals surface area contributed by atoms with Gasteiger partial charge in [0.25, 0.3) is 0 Å². The van der Waals surface area contributed by atoms with Gasteiger partial charge in [0.05, 0.1) is 6.42 Å². The summed E-state index contributed by atoms with van der Waals surface area (Å²) >= 11 is 0. The van der Waals surface area contributed by atoms with Crippen LogP contribution in [0.2, 0.25) is 0 Å². The van der Waals surface area contributed by atoms with Gasteiger partial charge in [-0.25, -0.2) is 9.59 Å². The number of aromatic nitrogens is 2. The number of rotatable bonds is 10. The van der Waals surface area contributed by atoms with Crippen molar-refractivity contribution < 1.29 is 47.8 Å². The predicted molar refractivity (Wildman–Crippen MR) is 285 cm³/mol. The largest absolute Gasteiger partial charge is 0.445 e. The zero-order valence-electron chi connectivity index (χ0n) is 44.0. The van der Waals surface area contributed by atoms with Gasteiger partial charge < -0.3 is 55.7 Å². The Bertz CT molecular complexity index is 2460. The van der Waals surface area contributed by atoms with Crippen molar-refractivity contribution in [2.45, 2.75) is 102 Å². The summed E-state index contributed by atoms with van der Waals surface area (Å²) in [4.78, 5) is 106. The molecule has 0 radical (unpaired) electrons. The fourth-order valence-electron chi connectivity index (χ4n) is 8.56. The zero-order valence-corrected chi connectivity index (χ0v) is 44.0. The lowest BCUT2D eigenvalue weighted by Crippen LogP contribution is -2.48. The second-order valence-electron chi connectivity index (χ2n) is 18.6. The molecule has 4 unspecified atom stereocenters. The third kappa shape index (κ3) is 20.2. The minimum atomic E-state index is -0.404. The molecule has 5 aliphatic rings. The minimum absolute atomic E-state index is 0.00478. The highest BCUT2D eigenvalue weighted by Gasteiger charge is 2.32. The molecule has 0 aliphatic carbocycles. The SMILES string of the molecule is CN(C(=O)OCc1ccccc1)C1CCN(c2ccncc2)C(=O)C1.CN(C(=O)OCc1ccccc1)C1CCNC(=O)C1.CNC1CCN(c2ccncc2)C(=O)C1.CNC1CCNC(=O)C1.O=C1CCNC(=O)C1. The average Bonchev–Trinajstić information content (AvgIpc) is 3.45. The van der Waals surface area contributed by atoms with Gasteiger partial charge in [-0.15, -0.1) is 0 Å². The molecule has 408 valence electrons. The Kier molecular flexibility index (Phi) is 24.8. The normalized spacial score (nSPS) is 20.1. The summed E-state index contributed by atoms with van der Waals surface area (Å²) in [5, 5.41) is 14.3. The number of carbonyl (C=O) groups excluding carboxylic acids is 8. The van der Waals surface area contributed by atoms with Crippen LogP contribution in [0.4, 0.5) is 21.0 Å². The maximum Gasteiger partial charge on any atom is 0.410 e. The van der Waals surface area contributed by atoms with Crippen LogP contribution in [0.1, 0.15) is 75.3 Å². The van der Waals surface area contributed by atoms with E-state index in [1.807, 2.05) is 104 Å². The number of hydrogen-bond acceptors (Lipinski definition) is 14. The van der Waals surface area contributed by atoms with Crippen LogP contribution in [0.15, 0.2) is 110 Å². The van der Waals surface area contributed by atoms with Crippen LogP contribution in [0.5, 0.6) is 0 Å². The molecule has 0 spiro atoms. The number of Topliss-reactive ketones (excluding diaryl/α,β-unsaturated/α-hetero) is 1. The number of anilines is 2. The van der Waals surface area contributed by atoms with Crippen LogP contribution < -0.4 is 36.4 Å². The molecule has 5 N–H and O–H groups in total. The summed E-state index contributed by atoms with van der Waals surface area (Å²) in [6.45, 7) is 3.80. The van der Waals surface area contributed by atoms with Gasteiger partial charge >= 0.3 is 12.2 Å². The number of benzene rings is 2. The second kappa shape index (κ2) is 31.8. The number of ketones is 1. The van der Waals surface area contributed by atoms with E-state index in [0.29, 0.717) is 70.2 Å². The molecule has 7 heterocycles. The molecule has 7 amide bonds. The molecule has 4 atom stereocenters. The quantitative estimate of drug-likeness (QED) is 0.140. The molecule has 76 heavy (non-hydrogen) atoms. The predicted octanol–water partition coefficient (Wildman–Crippen LogP) is 4.13. The van der Waals surface area contributed by atoms with Crippen LogP contribution in [0.3, 0.4) is 0 Å². The summed E-state index contributed by atoms with van der Waals surface area (Å²) in [6.07, 6.45) is 12.0. The first-order chi connectivity index (χ1) is 36.7. The van der Waals surface area contributed by atoms with E-state index in [9.17, 15) is 38.4 Å². The molecule has 9 rings (SSSR count). The minimum Gasteiger partial charge on any atom is -0.445 e. The molecule has 5 fully saturated rings. The molecular weight excluding hydrogens is 975 g/mol. The molecule has 2 aromatic carbocycles. The number of hydrogen-bond donors (Lipinski definition) is 5. The van der Waals surface area contributed by atoms with Gasteiger partial charge in [0, 0.05) is 139 Å². The third-order valence-corrected chi connectivity index (χ3v) is 13.2. The maximum atomic E-state index is 12.4. The van der Waals surface area contributed by atoms with E-state index >= 15 is 0 Å². The van der Waals surface area contributed by atoms with Crippen molar-refractivity contribution in [1.82, 2.24) is 46.4 Å². The lowest BCUT2D eigenvalue weighted by atomic mass is 10.0. The zero-order chi connectivity index (χ0) is 54.7. The Hall–Kier alpha value is -7.78. The molecule has 4 aromatic rings. The summed E-state index contributed by atoms with van der Waals surface area (Å²) in [7, 11) is 7.16. The second-order valence-corrected chi connectivity index (χ2v) is 18.6. The van der Waals surface area contributed by atoms with Gasteiger partial charge in [-0.3, -0.25) is 38.7 Å². The molecule has 0 saturated carbocycles. The number of pyridine rings is 2. The molecule has 5 aliphatic heterocycles. The third-order valence-electron chi connectivity index (χ3n) is 13.2. The lowest BCUT2D eigenvalue weighted by molar-refractivity contribution is -0.131. The van der Waals surface area contributed by atoms with Crippen LogP contribution in [0, 0.1) is 0 Å². The van der Waals surface area contributed by atoms with Crippen molar-refractivity contribution in [3.63, 3.8) is 0 Å². The van der Waals surface area contributed by atoms with E-state index in [-0.39, 0.29) is 73.1 Å². The van der Waals surface area contributed by atoms with Gasteiger partial charge in [0.15, 0.2) is 0 Å². The topological polar surface area (TPSA) is 254 Å². The number of amides is 7.